The molecule has 0 spiro atoms. The zero-order valence-corrected chi connectivity index (χ0v) is 14.1. The number of methoxy groups -OCH3 is 1. The summed E-state index contributed by atoms with van der Waals surface area (Å²) in [6.45, 7) is 6.25. The summed E-state index contributed by atoms with van der Waals surface area (Å²) in [5.74, 6) is 2.07. The third kappa shape index (κ3) is 2.50. The molecule has 2 bridgehead atoms. The van der Waals surface area contributed by atoms with E-state index in [1.807, 2.05) is 24.3 Å². The summed E-state index contributed by atoms with van der Waals surface area (Å²) in [6.07, 6.45) is 5.76. The fraction of sp³-hybridized carbons (Fsp3) is 0.450. The van der Waals surface area contributed by atoms with Crippen LogP contribution in [0.4, 0.5) is 0 Å². The number of benzene rings is 1. The van der Waals surface area contributed by atoms with Crippen LogP contribution in [0.2, 0.25) is 0 Å². The van der Waals surface area contributed by atoms with Crippen molar-refractivity contribution in [1.29, 1.82) is 0 Å². The Bertz CT molecular complexity index is 760. The Morgan fingerprint density at radius 3 is 3.00 bits per heavy atom. The molecule has 0 amide bonds. The topological polar surface area (TPSA) is 46.8 Å². The standard InChI is InChI=1S/C20H24N2O2/c1-3-13-12-22-9-7-14(13)10-19(22)20(23)16-6-8-21-18-5-4-15(24-2)11-17(16)18/h3-6,8,11,13-14,19-20,23H,1,7,9-10,12H2,2H3/p+1/t13-,14-,19-,20+/m1/s1. The molecule has 4 heteroatoms. The highest BCUT2D eigenvalue weighted by Crippen LogP contribution is 2.34. The minimum atomic E-state index is -0.467. The van der Waals surface area contributed by atoms with E-state index < -0.39 is 6.10 Å². The minimum absolute atomic E-state index is 0.261. The molecule has 3 aliphatic rings. The number of nitrogens with one attached hydrogen (secondary N) is 1. The average molecular weight is 325 g/mol. The highest BCUT2D eigenvalue weighted by Gasteiger charge is 2.45. The highest BCUT2D eigenvalue weighted by molar-refractivity contribution is 5.83. The number of aliphatic hydroxyl groups excluding tert-OH is 1. The smallest absolute Gasteiger partial charge is 0.131 e. The Kier molecular flexibility index (Phi) is 4.02. The highest BCUT2D eigenvalue weighted by atomic mass is 16.5. The fourth-order valence-electron chi connectivity index (χ4n) is 4.65. The van der Waals surface area contributed by atoms with Gasteiger partial charge in [0.25, 0.3) is 0 Å². The van der Waals surface area contributed by atoms with E-state index in [0.717, 1.165) is 41.7 Å². The zero-order chi connectivity index (χ0) is 16.7. The number of rotatable bonds is 4. The monoisotopic (exact) mass is 325 g/mol. The summed E-state index contributed by atoms with van der Waals surface area (Å²) in [5.41, 5.74) is 1.88. The number of fused-ring (bicyclic) bond motifs is 4. The summed E-state index contributed by atoms with van der Waals surface area (Å²) < 4.78 is 5.35. The van der Waals surface area contributed by atoms with Gasteiger partial charge < -0.3 is 14.7 Å². The van der Waals surface area contributed by atoms with Gasteiger partial charge in [-0.2, -0.15) is 0 Å². The maximum Gasteiger partial charge on any atom is 0.131 e. The molecule has 0 aliphatic carbocycles. The number of hydrogen-bond acceptors (Lipinski definition) is 3. The number of piperidine rings is 3. The van der Waals surface area contributed by atoms with Crippen molar-refractivity contribution in [3.8, 4) is 5.75 Å². The van der Waals surface area contributed by atoms with Gasteiger partial charge >= 0.3 is 0 Å². The number of hydrogen-bond donors (Lipinski definition) is 2. The maximum atomic E-state index is 11.2. The van der Waals surface area contributed by atoms with E-state index in [4.69, 9.17) is 4.74 Å². The predicted molar refractivity (Wildman–Crippen MR) is 94.2 cm³/mol. The van der Waals surface area contributed by atoms with Crippen LogP contribution in [0.5, 0.6) is 5.75 Å². The molecular weight excluding hydrogens is 300 g/mol. The Balaban J connectivity index is 1.69. The normalized spacial score (nSPS) is 30.2. The van der Waals surface area contributed by atoms with Gasteiger partial charge in [0.05, 0.1) is 25.7 Å². The largest absolute Gasteiger partial charge is 0.497 e. The third-order valence-corrected chi connectivity index (χ3v) is 6.01. The molecule has 5 atom stereocenters. The Labute approximate surface area is 142 Å². The lowest BCUT2D eigenvalue weighted by Gasteiger charge is -2.47. The van der Waals surface area contributed by atoms with Crippen molar-refractivity contribution < 1.29 is 14.7 Å². The molecule has 1 aromatic heterocycles. The summed E-state index contributed by atoms with van der Waals surface area (Å²) in [5, 5.41) is 12.2. The first-order valence-corrected chi connectivity index (χ1v) is 8.79. The Morgan fingerprint density at radius 2 is 2.29 bits per heavy atom. The van der Waals surface area contributed by atoms with Gasteiger partial charge in [-0.15, -0.1) is 6.58 Å². The second kappa shape index (κ2) is 6.19. The molecule has 1 aromatic carbocycles. The van der Waals surface area contributed by atoms with Gasteiger partial charge in [0.1, 0.15) is 17.9 Å². The van der Waals surface area contributed by atoms with E-state index in [9.17, 15) is 5.11 Å². The molecule has 5 rings (SSSR count). The molecule has 0 saturated carbocycles. The molecule has 3 aliphatic heterocycles. The Morgan fingerprint density at radius 1 is 1.42 bits per heavy atom. The third-order valence-electron chi connectivity index (χ3n) is 6.01. The van der Waals surface area contributed by atoms with Crippen molar-refractivity contribution in [1.82, 2.24) is 4.98 Å². The van der Waals surface area contributed by atoms with E-state index in [0.29, 0.717) is 11.8 Å². The van der Waals surface area contributed by atoms with Crippen LogP contribution in [0, 0.1) is 11.8 Å². The van der Waals surface area contributed by atoms with Crippen molar-refractivity contribution in [3.05, 3.63) is 48.7 Å². The van der Waals surface area contributed by atoms with Crippen LogP contribution in [0.25, 0.3) is 10.9 Å². The van der Waals surface area contributed by atoms with Gasteiger partial charge in [0.2, 0.25) is 0 Å². The number of aromatic nitrogens is 1. The quantitative estimate of drug-likeness (QED) is 0.842. The number of nitrogens with zero attached hydrogens (tertiary/aromatic N) is 1. The van der Waals surface area contributed by atoms with Crippen LogP contribution in [0.15, 0.2) is 43.1 Å². The van der Waals surface area contributed by atoms with Gasteiger partial charge in [0, 0.05) is 30.3 Å². The van der Waals surface area contributed by atoms with Crippen LogP contribution < -0.4 is 9.64 Å². The average Bonchev–Trinajstić information content (AvgIpc) is 2.66. The molecule has 2 aromatic rings. The van der Waals surface area contributed by atoms with Crippen LogP contribution >= 0.6 is 0 Å². The van der Waals surface area contributed by atoms with Gasteiger partial charge in [-0.1, -0.05) is 6.08 Å². The molecule has 4 nitrogen and oxygen atoms in total. The van der Waals surface area contributed by atoms with Crippen molar-refractivity contribution in [2.75, 3.05) is 20.2 Å². The lowest BCUT2D eigenvalue weighted by Crippen LogP contribution is -3.20. The second-order valence-corrected chi connectivity index (χ2v) is 7.13. The van der Waals surface area contributed by atoms with Crippen LogP contribution in [-0.4, -0.2) is 36.3 Å². The lowest BCUT2D eigenvalue weighted by atomic mass is 9.73. The second-order valence-electron chi connectivity index (χ2n) is 7.13. The molecule has 126 valence electrons. The number of aliphatic hydroxyl groups is 1. The van der Waals surface area contributed by atoms with Crippen molar-refractivity contribution in [2.45, 2.75) is 25.0 Å². The van der Waals surface area contributed by atoms with Gasteiger partial charge in [-0.05, 0) is 35.7 Å². The molecular formula is C20H25N2O2+. The van der Waals surface area contributed by atoms with Crippen LogP contribution in [0.1, 0.15) is 24.5 Å². The van der Waals surface area contributed by atoms with Gasteiger partial charge in [-0.25, -0.2) is 0 Å². The summed E-state index contributed by atoms with van der Waals surface area (Å²) in [6, 6.07) is 8.08. The maximum absolute atomic E-state index is 11.2. The van der Waals surface area contributed by atoms with Crippen LogP contribution in [-0.2, 0) is 0 Å². The number of quaternary nitrogens is 1. The molecule has 24 heavy (non-hydrogen) atoms. The molecule has 3 fully saturated rings. The predicted octanol–water partition coefficient (Wildman–Crippen LogP) is 1.76. The lowest BCUT2D eigenvalue weighted by molar-refractivity contribution is -0.949. The van der Waals surface area contributed by atoms with Crippen molar-refractivity contribution >= 4 is 10.9 Å². The van der Waals surface area contributed by atoms with E-state index in [-0.39, 0.29) is 6.04 Å². The van der Waals surface area contributed by atoms with E-state index in [2.05, 4.69) is 17.6 Å². The first-order valence-electron chi connectivity index (χ1n) is 8.79. The van der Waals surface area contributed by atoms with E-state index >= 15 is 0 Å². The van der Waals surface area contributed by atoms with Gasteiger partial charge in [0.15, 0.2) is 0 Å². The molecule has 2 N–H and O–H groups in total. The summed E-state index contributed by atoms with van der Waals surface area (Å²) in [7, 11) is 1.67. The SMILES string of the molecule is C=C[C@@H]1C[NH+]2CC[C@@H]1C[C@@H]2[C@@H](O)c1ccnc2ccc(OC)cc12. The molecule has 3 saturated heterocycles. The zero-order valence-electron chi connectivity index (χ0n) is 14.1. The van der Waals surface area contributed by atoms with Gasteiger partial charge in [-0.3, -0.25) is 4.98 Å². The Hall–Kier alpha value is -1.91. The van der Waals surface area contributed by atoms with Crippen molar-refractivity contribution in [2.24, 2.45) is 11.8 Å². The fourth-order valence-corrected chi connectivity index (χ4v) is 4.65. The number of pyridine rings is 1. The summed E-state index contributed by atoms with van der Waals surface area (Å²) in [4.78, 5) is 5.95. The van der Waals surface area contributed by atoms with E-state index in [1.54, 1.807) is 13.3 Å². The molecule has 4 heterocycles. The minimum Gasteiger partial charge on any atom is -0.497 e. The van der Waals surface area contributed by atoms with Crippen LogP contribution in [0.3, 0.4) is 0 Å². The first kappa shape index (κ1) is 15.6. The van der Waals surface area contributed by atoms with E-state index in [1.165, 1.54) is 11.3 Å². The first-order chi connectivity index (χ1) is 11.7. The summed E-state index contributed by atoms with van der Waals surface area (Å²) >= 11 is 0. The number of ether oxygens (including phenoxy) is 1. The molecule has 1 unspecified atom stereocenters. The molecule has 0 radical (unpaired) electrons. The van der Waals surface area contributed by atoms with Crippen molar-refractivity contribution in [3.63, 3.8) is 0 Å².